The third-order valence-electron chi connectivity index (χ3n) is 3.98. The number of hydrogen-bond acceptors (Lipinski definition) is 3. The number of aliphatic hydroxyl groups is 1. The molecule has 1 unspecified atom stereocenters. The van der Waals surface area contributed by atoms with E-state index in [2.05, 4.69) is 9.98 Å². The monoisotopic (exact) mass is 379 g/mol. The standard InChI is InChI=1S/C19H20F3N3O2/c1-2-18(26,11-24-13-25-12-23)14-3-7-16(8-4-14)27-17-9-5-15(6-10-17)19(20,21)22/h3-10,12-13,26H,2,11H2,1H3,(H2,23,24,25). The lowest BCUT2D eigenvalue weighted by molar-refractivity contribution is -0.137. The number of alkyl halides is 3. The molecular formula is C19H20F3N3O2. The summed E-state index contributed by atoms with van der Waals surface area (Å²) in [5.74, 6) is 0.721. The molecule has 0 spiro atoms. The minimum Gasteiger partial charge on any atom is -0.457 e. The van der Waals surface area contributed by atoms with E-state index in [-0.39, 0.29) is 12.3 Å². The summed E-state index contributed by atoms with van der Waals surface area (Å²) in [6.45, 7) is 1.94. The molecule has 0 aromatic heterocycles. The van der Waals surface area contributed by atoms with Crippen molar-refractivity contribution in [2.75, 3.05) is 6.54 Å². The van der Waals surface area contributed by atoms with Crippen LogP contribution in [-0.2, 0) is 11.8 Å². The van der Waals surface area contributed by atoms with Gasteiger partial charge in [-0.2, -0.15) is 13.2 Å². The zero-order chi connectivity index (χ0) is 19.9. The van der Waals surface area contributed by atoms with Crippen LogP contribution in [0.2, 0.25) is 0 Å². The summed E-state index contributed by atoms with van der Waals surface area (Å²) in [6, 6.07) is 11.1. The van der Waals surface area contributed by atoms with Crippen LogP contribution in [0.3, 0.4) is 0 Å². The Balaban J connectivity index is 2.09. The molecule has 1 atom stereocenters. The molecule has 0 aliphatic carbocycles. The van der Waals surface area contributed by atoms with E-state index < -0.39 is 17.3 Å². The normalized spacial score (nSPS) is 14.6. The highest BCUT2D eigenvalue weighted by Crippen LogP contribution is 2.32. The SMILES string of the molecule is CCC(O)(CN=CN=CN)c1ccc(Oc2ccc(C(F)(F)F)cc2)cc1. The molecule has 0 radical (unpaired) electrons. The van der Waals surface area contributed by atoms with Crippen LogP contribution in [0.4, 0.5) is 13.2 Å². The summed E-state index contributed by atoms with van der Waals surface area (Å²) in [5, 5.41) is 10.7. The first kappa shape index (κ1) is 20.4. The number of nitrogens with zero attached hydrogens (tertiary/aromatic N) is 2. The molecule has 27 heavy (non-hydrogen) atoms. The molecule has 8 heteroatoms. The molecule has 0 aliphatic rings. The first-order valence-corrected chi connectivity index (χ1v) is 8.18. The van der Waals surface area contributed by atoms with Crippen molar-refractivity contribution >= 4 is 12.7 Å². The molecule has 0 heterocycles. The molecule has 5 nitrogen and oxygen atoms in total. The van der Waals surface area contributed by atoms with Crippen molar-refractivity contribution in [1.29, 1.82) is 0 Å². The Kier molecular flexibility index (Phi) is 6.57. The van der Waals surface area contributed by atoms with Gasteiger partial charge in [-0.15, -0.1) is 0 Å². The molecule has 144 valence electrons. The van der Waals surface area contributed by atoms with Crippen LogP contribution < -0.4 is 10.5 Å². The molecule has 0 amide bonds. The second-order valence-electron chi connectivity index (χ2n) is 5.79. The first-order valence-electron chi connectivity index (χ1n) is 8.18. The van der Waals surface area contributed by atoms with E-state index in [0.29, 0.717) is 17.7 Å². The average molecular weight is 379 g/mol. The molecule has 2 aromatic rings. The van der Waals surface area contributed by atoms with Gasteiger partial charge in [-0.1, -0.05) is 19.1 Å². The summed E-state index contributed by atoms with van der Waals surface area (Å²) in [5.41, 5.74) is 3.84. The van der Waals surface area contributed by atoms with Crippen molar-refractivity contribution in [3.8, 4) is 11.5 Å². The number of rotatable bonds is 7. The lowest BCUT2D eigenvalue weighted by Gasteiger charge is -2.25. The summed E-state index contributed by atoms with van der Waals surface area (Å²) in [7, 11) is 0. The van der Waals surface area contributed by atoms with Crippen molar-refractivity contribution < 1.29 is 23.0 Å². The van der Waals surface area contributed by atoms with Gasteiger partial charge in [0, 0.05) is 0 Å². The maximum Gasteiger partial charge on any atom is 0.416 e. The predicted octanol–water partition coefficient (Wildman–Crippen LogP) is 4.11. The van der Waals surface area contributed by atoms with E-state index in [1.54, 1.807) is 24.3 Å². The summed E-state index contributed by atoms with van der Waals surface area (Å²) >= 11 is 0. The fourth-order valence-corrected chi connectivity index (χ4v) is 2.37. The fraction of sp³-hybridized carbons (Fsp3) is 0.263. The van der Waals surface area contributed by atoms with Crippen molar-refractivity contribution in [2.45, 2.75) is 25.1 Å². The lowest BCUT2D eigenvalue weighted by Crippen LogP contribution is -2.28. The molecule has 2 rings (SSSR count). The topological polar surface area (TPSA) is 80.2 Å². The minimum atomic E-state index is -4.39. The van der Waals surface area contributed by atoms with E-state index >= 15 is 0 Å². The number of halogens is 3. The number of ether oxygens (including phenoxy) is 1. The molecule has 0 saturated carbocycles. The number of nitrogens with two attached hydrogens (primary N) is 1. The van der Waals surface area contributed by atoms with E-state index in [1.807, 2.05) is 6.92 Å². The van der Waals surface area contributed by atoms with Crippen molar-refractivity contribution in [3.05, 3.63) is 59.7 Å². The average Bonchev–Trinajstić information content (AvgIpc) is 2.65. The second-order valence-corrected chi connectivity index (χ2v) is 5.79. The molecular weight excluding hydrogens is 359 g/mol. The quantitative estimate of drug-likeness (QED) is 0.561. The van der Waals surface area contributed by atoms with Crippen LogP contribution in [0.15, 0.2) is 58.5 Å². The van der Waals surface area contributed by atoms with E-state index in [0.717, 1.165) is 18.5 Å². The highest BCUT2D eigenvalue weighted by Gasteiger charge is 2.30. The third kappa shape index (κ3) is 5.55. The van der Waals surface area contributed by atoms with Gasteiger partial charge in [-0.3, -0.25) is 4.99 Å². The molecule has 3 N–H and O–H groups in total. The highest BCUT2D eigenvalue weighted by molar-refractivity contribution is 5.69. The molecule has 0 fully saturated rings. The Morgan fingerprint density at radius 3 is 1.96 bits per heavy atom. The van der Waals surface area contributed by atoms with E-state index in [4.69, 9.17) is 10.5 Å². The summed E-state index contributed by atoms with van der Waals surface area (Å²) in [4.78, 5) is 7.67. The van der Waals surface area contributed by atoms with Crippen LogP contribution in [0, 0.1) is 0 Å². The third-order valence-corrected chi connectivity index (χ3v) is 3.98. The number of aliphatic imine (C=N–C) groups is 2. The molecule has 0 saturated heterocycles. The predicted molar refractivity (Wildman–Crippen MR) is 98.2 cm³/mol. The Bertz CT molecular complexity index is 787. The van der Waals surface area contributed by atoms with Gasteiger partial charge in [0.15, 0.2) is 0 Å². The zero-order valence-corrected chi connectivity index (χ0v) is 14.6. The maximum atomic E-state index is 12.6. The van der Waals surface area contributed by atoms with Gasteiger partial charge >= 0.3 is 6.18 Å². The molecule has 0 bridgehead atoms. The van der Waals surface area contributed by atoms with Crippen LogP contribution in [0.25, 0.3) is 0 Å². The lowest BCUT2D eigenvalue weighted by atomic mass is 9.91. The van der Waals surface area contributed by atoms with Gasteiger partial charge in [-0.05, 0) is 48.4 Å². The zero-order valence-electron chi connectivity index (χ0n) is 14.6. The van der Waals surface area contributed by atoms with Crippen LogP contribution >= 0.6 is 0 Å². The van der Waals surface area contributed by atoms with Crippen molar-refractivity contribution in [2.24, 2.45) is 15.7 Å². The highest BCUT2D eigenvalue weighted by atomic mass is 19.4. The molecule has 2 aromatic carbocycles. The summed E-state index contributed by atoms with van der Waals surface area (Å²) in [6.07, 6.45) is -1.59. The largest absolute Gasteiger partial charge is 0.457 e. The van der Waals surface area contributed by atoms with Gasteiger partial charge in [0.1, 0.15) is 23.4 Å². The minimum absolute atomic E-state index is 0.111. The van der Waals surface area contributed by atoms with Gasteiger partial charge in [0.05, 0.1) is 18.4 Å². The van der Waals surface area contributed by atoms with Crippen molar-refractivity contribution in [1.82, 2.24) is 0 Å². The Morgan fingerprint density at radius 2 is 1.52 bits per heavy atom. The number of hydrogen-bond donors (Lipinski definition) is 2. The Morgan fingerprint density at radius 1 is 1.00 bits per heavy atom. The van der Waals surface area contributed by atoms with E-state index in [9.17, 15) is 18.3 Å². The second kappa shape index (κ2) is 8.68. The molecule has 0 aliphatic heterocycles. The Hall–Kier alpha value is -2.87. The van der Waals surface area contributed by atoms with Gasteiger partial charge in [0.25, 0.3) is 0 Å². The fourth-order valence-electron chi connectivity index (χ4n) is 2.37. The number of benzene rings is 2. The smallest absolute Gasteiger partial charge is 0.416 e. The van der Waals surface area contributed by atoms with Crippen LogP contribution in [0.5, 0.6) is 11.5 Å². The van der Waals surface area contributed by atoms with Gasteiger partial charge in [-0.25, -0.2) is 4.99 Å². The van der Waals surface area contributed by atoms with E-state index in [1.165, 1.54) is 18.5 Å². The maximum absolute atomic E-state index is 12.6. The van der Waals surface area contributed by atoms with Crippen LogP contribution in [0.1, 0.15) is 24.5 Å². The van der Waals surface area contributed by atoms with Crippen LogP contribution in [-0.4, -0.2) is 24.3 Å². The van der Waals surface area contributed by atoms with Crippen molar-refractivity contribution in [3.63, 3.8) is 0 Å². The van der Waals surface area contributed by atoms with Gasteiger partial charge in [0.2, 0.25) is 0 Å². The Labute approximate surface area is 155 Å². The van der Waals surface area contributed by atoms with Gasteiger partial charge < -0.3 is 15.6 Å². The first-order chi connectivity index (χ1) is 12.8. The summed E-state index contributed by atoms with van der Waals surface area (Å²) < 4.78 is 43.3.